The maximum absolute atomic E-state index is 11.2. The van der Waals surface area contributed by atoms with Crippen molar-refractivity contribution in [2.75, 3.05) is 7.11 Å². The van der Waals surface area contributed by atoms with Crippen LogP contribution >= 0.6 is 12.4 Å². The molecule has 0 saturated heterocycles. The van der Waals surface area contributed by atoms with Crippen LogP contribution in [0.15, 0.2) is 44.7 Å². The number of carbonyl (C=O) groups is 1. The number of rotatable bonds is 5. The lowest BCUT2D eigenvalue weighted by molar-refractivity contribution is 0.101. The third-order valence-corrected chi connectivity index (χ3v) is 2.39. The van der Waals surface area contributed by atoms with E-state index in [-0.39, 0.29) is 30.0 Å². The second-order valence-electron chi connectivity index (χ2n) is 4.02. The summed E-state index contributed by atoms with van der Waals surface area (Å²) in [7, 11) is 1.31. The molecule has 0 radical (unpaired) electrons. The quantitative estimate of drug-likeness (QED) is 0.274. The Bertz CT molecular complexity index is 658. The normalized spacial score (nSPS) is 12.0. The second-order valence-corrected chi connectivity index (χ2v) is 4.02. The van der Waals surface area contributed by atoms with E-state index >= 15 is 0 Å². The van der Waals surface area contributed by atoms with Crippen LogP contribution in [-0.2, 0) is 4.74 Å². The SMILES string of the molecule is CO/C(=N\N=C(N)N)C(C#N)N=Nc1ccc(C(C)=O)cc1.Cl. The van der Waals surface area contributed by atoms with Crippen molar-refractivity contribution in [2.45, 2.75) is 13.0 Å². The summed E-state index contributed by atoms with van der Waals surface area (Å²) in [5, 5.41) is 23.7. The van der Waals surface area contributed by atoms with Crippen molar-refractivity contribution < 1.29 is 9.53 Å². The molecule has 1 aromatic rings. The fourth-order valence-electron chi connectivity index (χ4n) is 1.33. The molecular weight excluding hydrogens is 322 g/mol. The number of guanidine groups is 1. The summed E-state index contributed by atoms with van der Waals surface area (Å²) < 4.78 is 4.90. The lowest BCUT2D eigenvalue weighted by Crippen LogP contribution is -2.23. The van der Waals surface area contributed by atoms with Gasteiger partial charge in [0, 0.05) is 5.56 Å². The van der Waals surface area contributed by atoms with Gasteiger partial charge in [0.15, 0.2) is 5.78 Å². The van der Waals surface area contributed by atoms with Crippen LogP contribution in [0.3, 0.4) is 0 Å². The topological polar surface area (TPSA) is 152 Å². The number of halogens is 1. The Morgan fingerprint density at radius 2 is 1.87 bits per heavy atom. The molecule has 10 heteroatoms. The maximum atomic E-state index is 11.2. The highest BCUT2D eigenvalue weighted by atomic mass is 35.5. The number of Topliss-reactive ketones (excluding diaryl/α,β-unsaturated/α-hetero) is 1. The van der Waals surface area contributed by atoms with E-state index in [0.717, 1.165) is 0 Å². The van der Waals surface area contributed by atoms with E-state index < -0.39 is 6.04 Å². The van der Waals surface area contributed by atoms with Gasteiger partial charge in [-0.05, 0) is 31.2 Å². The first-order valence-electron chi connectivity index (χ1n) is 6.10. The Labute approximate surface area is 139 Å². The highest BCUT2D eigenvalue weighted by Crippen LogP contribution is 2.15. The zero-order chi connectivity index (χ0) is 16.5. The molecule has 0 bridgehead atoms. The predicted octanol–water partition coefficient (Wildman–Crippen LogP) is 1.52. The Morgan fingerprint density at radius 3 is 2.30 bits per heavy atom. The third-order valence-electron chi connectivity index (χ3n) is 2.39. The van der Waals surface area contributed by atoms with Crippen LogP contribution in [0.1, 0.15) is 17.3 Å². The number of hydrogen-bond acceptors (Lipinski definition) is 7. The highest BCUT2D eigenvalue weighted by Gasteiger charge is 2.15. The van der Waals surface area contributed by atoms with Gasteiger partial charge in [0.05, 0.1) is 12.8 Å². The standard InChI is InChI=1S/C13H15N7O2.ClH/c1-8(21)9-3-5-10(6-4-9)17-18-11(7-14)12(22-2)19-20-13(15)16;/h3-6,11H,1-2H3,(H4,15,16,20);1H/b18-17?,19-12-;. The number of benzene rings is 1. The summed E-state index contributed by atoms with van der Waals surface area (Å²) in [6, 6.07) is 7.20. The summed E-state index contributed by atoms with van der Waals surface area (Å²) in [5.41, 5.74) is 11.3. The zero-order valence-electron chi connectivity index (χ0n) is 12.5. The van der Waals surface area contributed by atoms with Crippen molar-refractivity contribution in [1.82, 2.24) is 0 Å². The van der Waals surface area contributed by atoms with Gasteiger partial charge in [-0.15, -0.1) is 22.6 Å². The molecule has 0 heterocycles. The van der Waals surface area contributed by atoms with Crippen LogP contribution in [0.4, 0.5) is 5.69 Å². The summed E-state index contributed by atoms with van der Waals surface area (Å²) in [4.78, 5) is 11.2. The molecule has 23 heavy (non-hydrogen) atoms. The first-order chi connectivity index (χ1) is 10.5. The molecule has 122 valence electrons. The molecule has 0 amide bonds. The number of nitrogens with two attached hydrogens (primary N) is 2. The van der Waals surface area contributed by atoms with Crippen LogP contribution in [-0.4, -0.2) is 30.8 Å². The fraction of sp³-hybridized carbons (Fsp3) is 0.231. The van der Waals surface area contributed by atoms with Crippen molar-refractivity contribution in [3.05, 3.63) is 29.8 Å². The van der Waals surface area contributed by atoms with E-state index in [1.54, 1.807) is 24.3 Å². The molecule has 4 N–H and O–H groups in total. The number of nitriles is 1. The highest BCUT2D eigenvalue weighted by molar-refractivity contribution is 5.94. The Kier molecular flexibility index (Phi) is 8.58. The van der Waals surface area contributed by atoms with Gasteiger partial charge in [0.25, 0.3) is 0 Å². The molecule has 0 aromatic heterocycles. The number of hydrogen-bond donors (Lipinski definition) is 2. The van der Waals surface area contributed by atoms with Crippen molar-refractivity contribution in [1.29, 1.82) is 5.26 Å². The van der Waals surface area contributed by atoms with Crippen molar-refractivity contribution in [3.8, 4) is 6.07 Å². The van der Waals surface area contributed by atoms with E-state index in [9.17, 15) is 4.79 Å². The average Bonchev–Trinajstić information content (AvgIpc) is 2.50. The first kappa shape index (κ1) is 20.0. The number of azo groups is 1. The molecular formula is C13H16ClN7O2. The van der Waals surface area contributed by atoms with E-state index in [1.807, 2.05) is 6.07 Å². The van der Waals surface area contributed by atoms with Crippen LogP contribution < -0.4 is 11.5 Å². The molecule has 9 nitrogen and oxygen atoms in total. The average molecular weight is 338 g/mol. The third kappa shape index (κ3) is 6.54. The molecule has 0 saturated carbocycles. The summed E-state index contributed by atoms with van der Waals surface area (Å²) in [5.74, 6) is -0.424. The Balaban J connectivity index is 0.00000484. The molecule has 0 aliphatic heterocycles. The minimum Gasteiger partial charge on any atom is -0.481 e. The molecule has 0 spiro atoms. The van der Waals surface area contributed by atoms with Crippen LogP contribution in [0.25, 0.3) is 0 Å². The van der Waals surface area contributed by atoms with Crippen LogP contribution in [0.5, 0.6) is 0 Å². The lowest BCUT2D eigenvalue weighted by Gasteiger charge is -2.04. The monoisotopic (exact) mass is 337 g/mol. The van der Waals surface area contributed by atoms with Crippen LogP contribution in [0, 0.1) is 11.3 Å². The zero-order valence-corrected chi connectivity index (χ0v) is 13.3. The number of methoxy groups -OCH3 is 1. The maximum Gasteiger partial charge on any atom is 0.250 e. The largest absolute Gasteiger partial charge is 0.481 e. The van der Waals surface area contributed by atoms with Gasteiger partial charge in [-0.3, -0.25) is 4.79 Å². The number of ketones is 1. The minimum absolute atomic E-state index is 0. The summed E-state index contributed by atoms with van der Waals surface area (Å²) in [6.45, 7) is 1.47. The molecule has 0 fully saturated rings. The second kappa shape index (κ2) is 9.86. The minimum atomic E-state index is -1.10. The molecule has 1 unspecified atom stereocenters. The smallest absolute Gasteiger partial charge is 0.250 e. The Hall–Kier alpha value is -2.99. The molecule has 1 rings (SSSR count). The van der Waals surface area contributed by atoms with Gasteiger partial charge in [-0.1, -0.05) is 0 Å². The summed E-state index contributed by atoms with van der Waals surface area (Å²) in [6.07, 6.45) is 0. The lowest BCUT2D eigenvalue weighted by atomic mass is 10.1. The van der Waals surface area contributed by atoms with Gasteiger partial charge >= 0.3 is 0 Å². The summed E-state index contributed by atoms with van der Waals surface area (Å²) >= 11 is 0. The number of ether oxygens (including phenoxy) is 1. The van der Waals surface area contributed by atoms with E-state index in [4.69, 9.17) is 21.5 Å². The molecule has 0 aliphatic carbocycles. The van der Waals surface area contributed by atoms with E-state index in [0.29, 0.717) is 11.3 Å². The van der Waals surface area contributed by atoms with Gasteiger partial charge < -0.3 is 16.2 Å². The molecule has 1 atom stereocenters. The fourth-order valence-corrected chi connectivity index (χ4v) is 1.33. The van der Waals surface area contributed by atoms with Crippen LogP contribution in [0.2, 0.25) is 0 Å². The van der Waals surface area contributed by atoms with Gasteiger partial charge in [-0.2, -0.15) is 15.5 Å². The number of carbonyl (C=O) groups excluding carboxylic acids is 1. The van der Waals surface area contributed by atoms with Gasteiger partial charge in [0.1, 0.15) is 6.07 Å². The predicted molar refractivity (Wildman–Crippen MR) is 87.9 cm³/mol. The van der Waals surface area contributed by atoms with E-state index in [2.05, 4.69) is 20.4 Å². The van der Waals surface area contributed by atoms with Gasteiger partial charge in [-0.25, -0.2) is 0 Å². The van der Waals surface area contributed by atoms with Crippen molar-refractivity contribution >= 4 is 35.7 Å². The van der Waals surface area contributed by atoms with E-state index in [1.165, 1.54) is 14.0 Å². The first-order valence-corrected chi connectivity index (χ1v) is 6.10. The van der Waals surface area contributed by atoms with Crippen molar-refractivity contribution in [2.24, 2.45) is 31.9 Å². The Morgan fingerprint density at radius 1 is 1.26 bits per heavy atom. The van der Waals surface area contributed by atoms with Crippen molar-refractivity contribution in [3.63, 3.8) is 0 Å². The van der Waals surface area contributed by atoms with Gasteiger partial charge in [0.2, 0.25) is 17.9 Å². The molecule has 0 aliphatic rings. The number of nitrogens with zero attached hydrogens (tertiary/aromatic N) is 5. The molecule has 1 aromatic carbocycles.